The molecule has 1 atom stereocenters. The Kier molecular flexibility index (Phi) is 6.47. The molecule has 2 saturated heterocycles. The Hall–Kier alpha value is -0.170. The molecule has 0 aromatic rings. The number of hydrogen-bond acceptors (Lipinski definition) is 3. The van der Waals surface area contributed by atoms with Crippen LogP contribution in [0.5, 0.6) is 0 Å². The van der Waals surface area contributed by atoms with E-state index in [2.05, 4.69) is 19.2 Å². The van der Waals surface area contributed by atoms with Crippen molar-refractivity contribution in [1.82, 2.24) is 13.9 Å². The molecule has 0 amide bonds. The third-order valence-electron chi connectivity index (χ3n) is 4.91. The molecule has 2 fully saturated rings. The van der Waals surface area contributed by atoms with E-state index in [1.165, 1.54) is 0 Å². The van der Waals surface area contributed by atoms with Crippen molar-refractivity contribution in [2.75, 3.05) is 39.3 Å². The second kappa shape index (κ2) is 7.90. The number of nitrogens with zero attached hydrogens (tertiary/aromatic N) is 2. The maximum atomic E-state index is 12.7. The van der Waals surface area contributed by atoms with E-state index < -0.39 is 10.2 Å². The van der Waals surface area contributed by atoms with Gasteiger partial charge in [-0.15, -0.1) is 0 Å². The van der Waals surface area contributed by atoms with Crippen molar-refractivity contribution in [3.05, 3.63) is 0 Å². The fourth-order valence-electron chi connectivity index (χ4n) is 3.33. The lowest BCUT2D eigenvalue weighted by atomic mass is 9.98. The van der Waals surface area contributed by atoms with Crippen LogP contribution in [0.1, 0.15) is 46.0 Å². The molecule has 1 N–H and O–H groups in total. The van der Waals surface area contributed by atoms with E-state index in [0.717, 1.165) is 51.7 Å². The first-order valence-electron chi connectivity index (χ1n) is 8.53. The minimum atomic E-state index is -3.21. The highest BCUT2D eigenvalue weighted by molar-refractivity contribution is 7.86. The van der Waals surface area contributed by atoms with Crippen LogP contribution in [-0.4, -0.2) is 56.3 Å². The highest BCUT2D eigenvalue weighted by atomic mass is 32.2. The average molecular weight is 317 g/mol. The molecule has 2 aliphatic rings. The van der Waals surface area contributed by atoms with Gasteiger partial charge in [-0.1, -0.05) is 20.3 Å². The minimum absolute atomic E-state index is 0.551. The Morgan fingerprint density at radius 3 is 2.19 bits per heavy atom. The van der Waals surface area contributed by atoms with Crippen LogP contribution in [0.3, 0.4) is 0 Å². The lowest BCUT2D eigenvalue weighted by Crippen LogP contribution is -2.47. The summed E-state index contributed by atoms with van der Waals surface area (Å²) in [5.41, 5.74) is 0. The lowest BCUT2D eigenvalue weighted by molar-refractivity contribution is 0.253. The van der Waals surface area contributed by atoms with E-state index in [1.54, 1.807) is 8.61 Å². The van der Waals surface area contributed by atoms with Crippen LogP contribution in [0.15, 0.2) is 0 Å². The summed E-state index contributed by atoms with van der Waals surface area (Å²) < 4.78 is 28.7. The van der Waals surface area contributed by atoms with E-state index in [9.17, 15) is 8.42 Å². The average Bonchev–Trinajstić information content (AvgIpc) is 2.98. The Labute approximate surface area is 130 Å². The van der Waals surface area contributed by atoms with Gasteiger partial charge in [0.05, 0.1) is 0 Å². The largest absolute Gasteiger partial charge is 0.316 e. The van der Waals surface area contributed by atoms with Gasteiger partial charge in [-0.3, -0.25) is 0 Å². The molecule has 2 rings (SSSR count). The van der Waals surface area contributed by atoms with Crippen LogP contribution in [0.25, 0.3) is 0 Å². The number of rotatable bonds is 7. The predicted octanol–water partition coefficient (Wildman–Crippen LogP) is 1.67. The molecule has 6 heteroatoms. The van der Waals surface area contributed by atoms with Crippen molar-refractivity contribution >= 4 is 10.2 Å². The quantitative estimate of drug-likeness (QED) is 0.727. The molecule has 21 heavy (non-hydrogen) atoms. The van der Waals surface area contributed by atoms with Crippen molar-refractivity contribution in [2.45, 2.75) is 46.0 Å². The van der Waals surface area contributed by atoms with Gasteiger partial charge in [0.1, 0.15) is 0 Å². The third-order valence-corrected chi connectivity index (χ3v) is 6.91. The van der Waals surface area contributed by atoms with Gasteiger partial charge in [-0.25, -0.2) is 0 Å². The number of nitrogens with one attached hydrogen (secondary N) is 1. The molecule has 0 spiro atoms. The third kappa shape index (κ3) is 4.41. The number of hydrogen-bond donors (Lipinski definition) is 1. The van der Waals surface area contributed by atoms with Crippen LogP contribution in [0.4, 0.5) is 0 Å². The molecule has 5 nitrogen and oxygen atoms in total. The topological polar surface area (TPSA) is 52.7 Å². The molecule has 124 valence electrons. The Balaban J connectivity index is 1.81. The van der Waals surface area contributed by atoms with Gasteiger partial charge < -0.3 is 5.32 Å². The summed E-state index contributed by atoms with van der Waals surface area (Å²) in [5, 5.41) is 3.45. The predicted molar refractivity (Wildman–Crippen MR) is 86.3 cm³/mol. The summed E-state index contributed by atoms with van der Waals surface area (Å²) in [6.45, 7) is 9.21. The second-order valence-corrected chi connectivity index (χ2v) is 8.40. The van der Waals surface area contributed by atoms with Crippen LogP contribution >= 0.6 is 0 Å². The minimum Gasteiger partial charge on any atom is -0.316 e. The van der Waals surface area contributed by atoms with Crippen LogP contribution < -0.4 is 5.32 Å². The summed E-state index contributed by atoms with van der Waals surface area (Å²) in [4.78, 5) is 0. The molecule has 0 aromatic heterocycles. The fraction of sp³-hybridized carbons (Fsp3) is 1.00. The molecule has 2 heterocycles. The number of piperidine rings is 1. The molecule has 0 aliphatic carbocycles. The van der Waals surface area contributed by atoms with Crippen molar-refractivity contribution in [3.63, 3.8) is 0 Å². The summed E-state index contributed by atoms with van der Waals surface area (Å²) in [6.07, 6.45) is 5.23. The van der Waals surface area contributed by atoms with Crippen molar-refractivity contribution in [2.24, 2.45) is 11.8 Å². The zero-order valence-electron chi connectivity index (χ0n) is 13.6. The van der Waals surface area contributed by atoms with E-state index in [1.807, 2.05) is 0 Å². The first kappa shape index (κ1) is 17.2. The SMILES string of the molecule is CCCNCC1CCN(S(=O)(=O)N2CCC(CC)C2)CC1. The fourth-order valence-corrected chi connectivity index (χ4v) is 5.06. The molecular formula is C15H31N3O2S. The molecule has 0 radical (unpaired) electrons. The van der Waals surface area contributed by atoms with E-state index in [4.69, 9.17) is 0 Å². The van der Waals surface area contributed by atoms with Gasteiger partial charge in [0.2, 0.25) is 0 Å². The van der Waals surface area contributed by atoms with Crippen molar-refractivity contribution in [1.29, 1.82) is 0 Å². The molecule has 1 unspecified atom stereocenters. The Morgan fingerprint density at radius 1 is 1.00 bits per heavy atom. The maximum Gasteiger partial charge on any atom is 0.281 e. The van der Waals surface area contributed by atoms with Gasteiger partial charge in [-0.05, 0) is 50.6 Å². The van der Waals surface area contributed by atoms with Gasteiger partial charge in [0, 0.05) is 26.2 Å². The zero-order valence-corrected chi connectivity index (χ0v) is 14.4. The van der Waals surface area contributed by atoms with E-state index in [-0.39, 0.29) is 0 Å². The van der Waals surface area contributed by atoms with Crippen molar-refractivity contribution < 1.29 is 8.42 Å². The van der Waals surface area contributed by atoms with Gasteiger partial charge >= 0.3 is 0 Å². The summed E-state index contributed by atoms with van der Waals surface area (Å²) in [7, 11) is -3.21. The summed E-state index contributed by atoms with van der Waals surface area (Å²) >= 11 is 0. The van der Waals surface area contributed by atoms with E-state index in [0.29, 0.717) is 31.5 Å². The van der Waals surface area contributed by atoms with Gasteiger partial charge in [0.25, 0.3) is 10.2 Å². The molecule has 0 aromatic carbocycles. The standard InChI is InChI=1S/C15H31N3O2S/c1-3-8-16-12-15-6-9-17(10-7-15)21(19,20)18-11-5-14(4-2)13-18/h14-16H,3-13H2,1-2H3. The normalized spacial score (nSPS) is 26.5. The van der Waals surface area contributed by atoms with Gasteiger partial charge in [0.15, 0.2) is 0 Å². The maximum absolute atomic E-state index is 12.7. The molecule has 0 bridgehead atoms. The zero-order chi connectivity index (χ0) is 15.3. The highest BCUT2D eigenvalue weighted by Crippen LogP contribution is 2.26. The highest BCUT2D eigenvalue weighted by Gasteiger charge is 2.36. The molecule has 2 aliphatic heterocycles. The monoisotopic (exact) mass is 317 g/mol. The Bertz CT molecular complexity index is 405. The summed E-state index contributed by atoms with van der Waals surface area (Å²) in [6, 6.07) is 0. The van der Waals surface area contributed by atoms with Crippen LogP contribution in [-0.2, 0) is 10.2 Å². The first-order chi connectivity index (χ1) is 10.1. The van der Waals surface area contributed by atoms with Crippen molar-refractivity contribution in [3.8, 4) is 0 Å². The first-order valence-corrected chi connectivity index (χ1v) is 9.93. The van der Waals surface area contributed by atoms with Crippen LogP contribution in [0, 0.1) is 11.8 Å². The van der Waals surface area contributed by atoms with Crippen LogP contribution in [0.2, 0.25) is 0 Å². The lowest BCUT2D eigenvalue weighted by Gasteiger charge is -2.33. The smallest absolute Gasteiger partial charge is 0.281 e. The summed E-state index contributed by atoms with van der Waals surface area (Å²) in [5.74, 6) is 1.18. The molecular weight excluding hydrogens is 286 g/mol. The Morgan fingerprint density at radius 2 is 1.62 bits per heavy atom. The second-order valence-electron chi connectivity index (χ2n) is 6.48. The van der Waals surface area contributed by atoms with E-state index >= 15 is 0 Å². The molecule has 0 saturated carbocycles. The van der Waals surface area contributed by atoms with Gasteiger partial charge in [-0.2, -0.15) is 17.0 Å².